The zero-order valence-corrected chi connectivity index (χ0v) is 17.1. The van der Waals surface area contributed by atoms with Gasteiger partial charge in [-0.05, 0) is 74.0 Å². The van der Waals surface area contributed by atoms with Crippen LogP contribution in [-0.2, 0) is 16.6 Å². The van der Waals surface area contributed by atoms with Crippen LogP contribution >= 0.6 is 11.8 Å². The number of nitriles is 1. The normalized spacial score (nSPS) is 29.6. The summed E-state index contributed by atoms with van der Waals surface area (Å²) in [6, 6.07) is 9.43. The van der Waals surface area contributed by atoms with Crippen molar-refractivity contribution in [1.29, 1.82) is 5.26 Å². The highest BCUT2D eigenvalue weighted by Gasteiger charge is 2.54. The van der Waals surface area contributed by atoms with Gasteiger partial charge >= 0.3 is 0 Å². The Bertz CT molecular complexity index is 911. The van der Waals surface area contributed by atoms with E-state index in [-0.39, 0.29) is 17.1 Å². The monoisotopic (exact) mass is 408 g/mol. The molecular formula is C22H24N4O2S. The number of aromatic nitrogens is 2. The van der Waals surface area contributed by atoms with E-state index in [0.717, 1.165) is 34.9 Å². The Hall–Kier alpha value is -2.33. The topological polar surface area (TPSA) is 91.8 Å². The van der Waals surface area contributed by atoms with E-state index in [1.54, 1.807) is 0 Å². The van der Waals surface area contributed by atoms with Crippen LogP contribution in [0.5, 0.6) is 0 Å². The van der Waals surface area contributed by atoms with E-state index in [9.17, 15) is 4.79 Å². The van der Waals surface area contributed by atoms with Gasteiger partial charge in [0, 0.05) is 11.1 Å². The van der Waals surface area contributed by atoms with E-state index >= 15 is 0 Å². The molecule has 4 aliphatic rings. The summed E-state index contributed by atoms with van der Waals surface area (Å²) in [5.74, 6) is 3.39. The average molecular weight is 409 g/mol. The van der Waals surface area contributed by atoms with Crippen LogP contribution in [0.2, 0.25) is 0 Å². The van der Waals surface area contributed by atoms with E-state index < -0.39 is 0 Å². The summed E-state index contributed by atoms with van der Waals surface area (Å²) in [6.45, 7) is 0. The maximum atomic E-state index is 12.3. The second-order valence-corrected chi connectivity index (χ2v) is 9.87. The number of carbonyl (C=O) groups excluding carboxylic acids is 1. The van der Waals surface area contributed by atoms with Gasteiger partial charge in [0.05, 0.1) is 18.2 Å². The Kier molecular flexibility index (Phi) is 4.83. The number of benzene rings is 1. The van der Waals surface area contributed by atoms with Crippen LogP contribution in [0, 0.1) is 29.1 Å². The van der Waals surface area contributed by atoms with Crippen LogP contribution in [0.1, 0.15) is 50.0 Å². The van der Waals surface area contributed by atoms with E-state index in [2.05, 4.69) is 21.6 Å². The SMILES string of the molecule is N#CCc1ccc(NC(=O)CSc2nnc(C34CC5CC(CC(C5)C3)C4)o2)cc1. The van der Waals surface area contributed by atoms with Crippen molar-refractivity contribution in [2.75, 3.05) is 11.1 Å². The maximum absolute atomic E-state index is 12.3. The van der Waals surface area contributed by atoms with E-state index in [1.807, 2.05) is 24.3 Å². The van der Waals surface area contributed by atoms with Gasteiger partial charge in [-0.25, -0.2) is 0 Å². The fraction of sp³-hybridized carbons (Fsp3) is 0.545. The third-order valence-corrected chi connectivity index (χ3v) is 7.56. The molecule has 0 aliphatic heterocycles. The van der Waals surface area contributed by atoms with Crippen molar-refractivity contribution >= 4 is 23.4 Å². The Morgan fingerprint density at radius 1 is 1.14 bits per heavy atom. The van der Waals surface area contributed by atoms with E-state index in [1.165, 1.54) is 50.3 Å². The van der Waals surface area contributed by atoms with Crippen molar-refractivity contribution in [1.82, 2.24) is 10.2 Å². The molecule has 0 radical (unpaired) electrons. The minimum Gasteiger partial charge on any atom is -0.415 e. The summed E-state index contributed by atoms with van der Waals surface area (Å²) >= 11 is 1.29. The second kappa shape index (κ2) is 7.49. The molecule has 1 aromatic heterocycles. The van der Waals surface area contributed by atoms with Gasteiger partial charge in [0.2, 0.25) is 11.8 Å². The predicted octanol–water partition coefficient (Wildman–Crippen LogP) is 4.33. The largest absolute Gasteiger partial charge is 0.415 e. The van der Waals surface area contributed by atoms with Crippen molar-refractivity contribution in [3.8, 4) is 6.07 Å². The fourth-order valence-corrected chi connectivity index (χ4v) is 6.54. The molecule has 7 heteroatoms. The number of thioether (sulfide) groups is 1. The third-order valence-electron chi connectivity index (χ3n) is 6.75. The number of amides is 1. The first-order valence-corrected chi connectivity index (χ1v) is 11.3. The number of rotatable bonds is 6. The van der Waals surface area contributed by atoms with Crippen LogP contribution in [0.15, 0.2) is 33.9 Å². The molecular weight excluding hydrogens is 384 g/mol. The van der Waals surface area contributed by atoms with Crippen LogP contribution in [0.4, 0.5) is 5.69 Å². The van der Waals surface area contributed by atoms with Crippen LogP contribution in [-0.4, -0.2) is 21.9 Å². The Balaban J connectivity index is 1.18. The minimum absolute atomic E-state index is 0.0913. The molecule has 1 aromatic carbocycles. The number of nitrogens with zero attached hydrogens (tertiary/aromatic N) is 3. The van der Waals surface area contributed by atoms with Gasteiger partial charge in [0.15, 0.2) is 0 Å². The zero-order chi connectivity index (χ0) is 19.8. The molecule has 0 unspecified atom stereocenters. The zero-order valence-electron chi connectivity index (χ0n) is 16.3. The van der Waals surface area contributed by atoms with Gasteiger partial charge in [-0.2, -0.15) is 5.26 Å². The Labute approximate surface area is 174 Å². The molecule has 4 aliphatic carbocycles. The van der Waals surface area contributed by atoms with Gasteiger partial charge in [-0.1, -0.05) is 23.9 Å². The summed E-state index contributed by atoms with van der Waals surface area (Å²) in [7, 11) is 0. The second-order valence-electron chi connectivity index (χ2n) is 8.94. The number of nitrogens with one attached hydrogen (secondary N) is 1. The molecule has 4 bridgehead atoms. The predicted molar refractivity (Wildman–Crippen MR) is 109 cm³/mol. The standard InChI is InChI=1S/C22H24N4O2S/c23-6-5-14-1-3-18(4-2-14)24-19(27)13-29-21-26-25-20(28-21)22-10-15-7-16(11-22)9-17(8-15)12-22/h1-4,15-17H,5,7-13H2,(H,24,27). The van der Waals surface area contributed by atoms with Crippen molar-refractivity contribution in [3.05, 3.63) is 35.7 Å². The summed E-state index contributed by atoms with van der Waals surface area (Å²) in [5.41, 5.74) is 1.74. The van der Waals surface area contributed by atoms with Crippen molar-refractivity contribution in [2.24, 2.45) is 17.8 Å². The van der Waals surface area contributed by atoms with Gasteiger partial charge in [0.25, 0.3) is 5.22 Å². The number of hydrogen-bond donors (Lipinski definition) is 1. The Morgan fingerprint density at radius 3 is 2.41 bits per heavy atom. The van der Waals surface area contributed by atoms with E-state index in [0.29, 0.717) is 11.6 Å². The van der Waals surface area contributed by atoms with Gasteiger partial charge in [-0.3, -0.25) is 4.79 Å². The third kappa shape index (κ3) is 3.78. The molecule has 150 valence electrons. The van der Waals surface area contributed by atoms with Crippen molar-refractivity contribution in [3.63, 3.8) is 0 Å². The molecule has 0 saturated heterocycles. The van der Waals surface area contributed by atoms with Crippen LogP contribution in [0.25, 0.3) is 0 Å². The highest BCUT2D eigenvalue weighted by molar-refractivity contribution is 7.99. The molecule has 1 heterocycles. The van der Waals surface area contributed by atoms with Gasteiger partial charge in [-0.15, -0.1) is 10.2 Å². The fourth-order valence-electron chi connectivity index (χ4n) is 5.98. The smallest absolute Gasteiger partial charge is 0.277 e. The molecule has 4 fully saturated rings. The van der Waals surface area contributed by atoms with Gasteiger partial charge < -0.3 is 9.73 Å². The number of carbonyl (C=O) groups is 1. The first kappa shape index (κ1) is 18.7. The molecule has 4 saturated carbocycles. The van der Waals surface area contributed by atoms with Crippen LogP contribution < -0.4 is 5.32 Å². The maximum Gasteiger partial charge on any atom is 0.277 e. The molecule has 0 atom stereocenters. The molecule has 6 nitrogen and oxygen atoms in total. The summed E-state index contributed by atoms with van der Waals surface area (Å²) in [5, 5.41) is 20.7. The summed E-state index contributed by atoms with van der Waals surface area (Å²) < 4.78 is 6.04. The number of anilines is 1. The lowest BCUT2D eigenvalue weighted by Crippen LogP contribution is -2.48. The lowest BCUT2D eigenvalue weighted by atomic mass is 9.49. The molecule has 1 N–H and O–H groups in total. The first-order valence-electron chi connectivity index (χ1n) is 10.3. The molecule has 2 aromatic rings. The van der Waals surface area contributed by atoms with E-state index in [4.69, 9.17) is 9.68 Å². The number of hydrogen-bond acceptors (Lipinski definition) is 6. The Morgan fingerprint density at radius 2 is 1.79 bits per heavy atom. The molecule has 1 amide bonds. The highest BCUT2D eigenvalue weighted by Crippen LogP contribution is 2.60. The highest BCUT2D eigenvalue weighted by atomic mass is 32.2. The van der Waals surface area contributed by atoms with Crippen molar-refractivity contribution < 1.29 is 9.21 Å². The van der Waals surface area contributed by atoms with Gasteiger partial charge in [0.1, 0.15) is 0 Å². The molecule has 29 heavy (non-hydrogen) atoms. The summed E-state index contributed by atoms with van der Waals surface area (Å²) in [6.07, 6.45) is 8.08. The lowest BCUT2D eigenvalue weighted by Gasteiger charge is -2.55. The molecule has 0 spiro atoms. The first-order chi connectivity index (χ1) is 14.1. The van der Waals surface area contributed by atoms with Crippen molar-refractivity contribution in [2.45, 2.75) is 55.6 Å². The molecule has 6 rings (SSSR count). The van der Waals surface area contributed by atoms with Crippen LogP contribution in [0.3, 0.4) is 0 Å². The minimum atomic E-state index is -0.113. The average Bonchev–Trinajstić information content (AvgIpc) is 3.17. The summed E-state index contributed by atoms with van der Waals surface area (Å²) in [4.78, 5) is 12.3. The quantitative estimate of drug-likeness (QED) is 0.715. The lowest BCUT2D eigenvalue weighted by molar-refractivity contribution is -0.113.